The first-order chi connectivity index (χ1) is 12.4. The molecule has 0 bridgehead atoms. The van der Waals surface area contributed by atoms with E-state index in [1.54, 1.807) is 25.3 Å². The Morgan fingerprint density at radius 1 is 1.04 bits per heavy atom. The fourth-order valence-electron chi connectivity index (χ4n) is 3.57. The van der Waals surface area contributed by atoms with Gasteiger partial charge >= 0.3 is 0 Å². The van der Waals surface area contributed by atoms with Crippen molar-refractivity contribution in [3.63, 3.8) is 0 Å². The maximum atomic E-state index is 12.6. The van der Waals surface area contributed by atoms with Crippen LogP contribution in [0.3, 0.4) is 0 Å². The summed E-state index contributed by atoms with van der Waals surface area (Å²) in [6, 6.07) is 11.5. The number of amides is 1. The minimum atomic E-state index is 0.134. The van der Waals surface area contributed by atoms with Gasteiger partial charge in [0.15, 0.2) is 0 Å². The van der Waals surface area contributed by atoms with Crippen molar-refractivity contribution in [1.82, 2.24) is 9.80 Å². The Hall–Kier alpha value is -2.53. The molecule has 0 aliphatic carbocycles. The van der Waals surface area contributed by atoms with Crippen molar-refractivity contribution in [2.24, 2.45) is 0 Å². The van der Waals surface area contributed by atoms with Gasteiger partial charge < -0.3 is 14.7 Å². The molecule has 5 heteroatoms. The number of aryl methyl sites for hydroxylation is 2. The van der Waals surface area contributed by atoms with Crippen LogP contribution >= 0.6 is 0 Å². The number of aromatic hydroxyl groups is 1. The quantitative estimate of drug-likeness (QED) is 0.897. The number of rotatable bonds is 5. The Bertz CT molecular complexity index is 784. The number of phenols is 1. The number of nitrogens with zero attached hydrogens (tertiary/aromatic N) is 2. The number of piperazine rings is 1. The van der Waals surface area contributed by atoms with Gasteiger partial charge in [-0.1, -0.05) is 29.3 Å². The van der Waals surface area contributed by atoms with E-state index in [2.05, 4.69) is 36.9 Å². The number of carbonyl (C=O) groups is 1. The maximum Gasteiger partial charge on any atom is 0.237 e. The lowest BCUT2D eigenvalue weighted by molar-refractivity contribution is -0.136. The molecule has 1 amide bonds. The van der Waals surface area contributed by atoms with E-state index in [0.717, 1.165) is 17.9 Å². The van der Waals surface area contributed by atoms with Crippen molar-refractivity contribution in [1.29, 1.82) is 0 Å². The molecule has 1 fully saturated rings. The lowest BCUT2D eigenvalue weighted by Gasteiger charge is -2.34. The summed E-state index contributed by atoms with van der Waals surface area (Å²) in [5, 5.41) is 9.72. The lowest BCUT2D eigenvalue weighted by Crippen LogP contribution is -2.49. The van der Waals surface area contributed by atoms with Gasteiger partial charge in [-0.3, -0.25) is 9.69 Å². The SMILES string of the molecule is COc1ccc(O)cc1CN1CCN(Cc2cc(C)cc(C)c2)C(=O)C1. The average Bonchev–Trinajstić information content (AvgIpc) is 2.57. The largest absolute Gasteiger partial charge is 0.508 e. The zero-order chi connectivity index (χ0) is 18.7. The third-order valence-corrected chi connectivity index (χ3v) is 4.71. The van der Waals surface area contributed by atoms with Crippen LogP contribution < -0.4 is 4.74 Å². The summed E-state index contributed by atoms with van der Waals surface area (Å²) < 4.78 is 5.36. The molecular weight excluding hydrogens is 328 g/mol. The third kappa shape index (κ3) is 4.35. The minimum Gasteiger partial charge on any atom is -0.508 e. The summed E-state index contributed by atoms with van der Waals surface area (Å²) >= 11 is 0. The summed E-state index contributed by atoms with van der Waals surface area (Å²) in [4.78, 5) is 16.6. The highest BCUT2D eigenvalue weighted by Gasteiger charge is 2.24. The molecule has 2 aromatic rings. The lowest BCUT2D eigenvalue weighted by atomic mass is 10.1. The van der Waals surface area contributed by atoms with Crippen LogP contribution in [0.5, 0.6) is 11.5 Å². The number of hydrogen-bond donors (Lipinski definition) is 1. The molecule has 1 aliphatic heterocycles. The van der Waals surface area contributed by atoms with Crippen molar-refractivity contribution in [2.45, 2.75) is 26.9 Å². The van der Waals surface area contributed by atoms with Crippen LogP contribution in [-0.2, 0) is 17.9 Å². The molecule has 0 saturated carbocycles. The fourth-order valence-corrected chi connectivity index (χ4v) is 3.57. The second-order valence-corrected chi connectivity index (χ2v) is 7.02. The highest BCUT2D eigenvalue weighted by atomic mass is 16.5. The molecule has 0 aromatic heterocycles. The number of hydrogen-bond acceptors (Lipinski definition) is 4. The molecule has 1 heterocycles. The molecule has 1 N–H and O–H groups in total. The Kier molecular flexibility index (Phi) is 5.47. The Morgan fingerprint density at radius 3 is 2.42 bits per heavy atom. The van der Waals surface area contributed by atoms with E-state index < -0.39 is 0 Å². The van der Waals surface area contributed by atoms with Gasteiger partial charge in [0, 0.05) is 31.7 Å². The number of carbonyl (C=O) groups excluding carboxylic acids is 1. The maximum absolute atomic E-state index is 12.6. The zero-order valence-electron chi connectivity index (χ0n) is 15.7. The number of ether oxygens (including phenoxy) is 1. The topological polar surface area (TPSA) is 53.0 Å². The standard InChI is InChI=1S/C21H26N2O3/c1-15-8-16(2)10-17(9-15)12-23-7-6-22(14-21(23)25)13-18-11-19(24)4-5-20(18)26-3/h4-5,8-11,24H,6-7,12-14H2,1-3H3. The number of benzene rings is 2. The van der Waals surface area contributed by atoms with Crippen molar-refractivity contribution in [2.75, 3.05) is 26.7 Å². The molecule has 138 valence electrons. The molecule has 0 spiro atoms. The molecule has 26 heavy (non-hydrogen) atoms. The van der Waals surface area contributed by atoms with Crippen LogP contribution in [0, 0.1) is 13.8 Å². The molecular formula is C21H26N2O3. The summed E-state index contributed by atoms with van der Waals surface area (Å²) in [7, 11) is 1.61. The summed E-state index contributed by atoms with van der Waals surface area (Å²) in [6.07, 6.45) is 0. The van der Waals surface area contributed by atoms with Crippen molar-refractivity contribution < 1.29 is 14.6 Å². The zero-order valence-corrected chi connectivity index (χ0v) is 15.7. The summed E-state index contributed by atoms with van der Waals surface area (Å²) in [6.45, 7) is 7.29. The number of phenolic OH excluding ortho intramolecular Hbond substituents is 1. The molecule has 5 nitrogen and oxygen atoms in total. The molecule has 2 aromatic carbocycles. The van der Waals surface area contributed by atoms with Crippen LogP contribution in [0.15, 0.2) is 36.4 Å². The first-order valence-electron chi connectivity index (χ1n) is 8.88. The average molecular weight is 354 g/mol. The van der Waals surface area contributed by atoms with Gasteiger partial charge in [0.05, 0.1) is 13.7 Å². The first-order valence-corrected chi connectivity index (χ1v) is 8.88. The molecule has 3 rings (SSSR count). The van der Waals surface area contributed by atoms with E-state index in [0.29, 0.717) is 26.2 Å². The van der Waals surface area contributed by atoms with Gasteiger partial charge in [0.2, 0.25) is 5.91 Å². The molecule has 1 saturated heterocycles. The van der Waals surface area contributed by atoms with Gasteiger partial charge in [-0.2, -0.15) is 0 Å². The predicted molar refractivity (Wildman–Crippen MR) is 101 cm³/mol. The minimum absolute atomic E-state index is 0.134. The first kappa shape index (κ1) is 18.3. The molecule has 0 atom stereocenters. The Morgan fingerprint density at radius 2 is 1.77 bits per heavy atom. The van der Waals surface area contributed by atoms with E-state index in [9.17, 15) is 9.90 Å². The van der Waals surface area contributed by atoms with Crippen LogP contribution in [0.1, 0.15) is 22.3 Å². The van der Waals surface area contributed by atoms with Gasteiger partial charge in [0.1, 0.15) is 11.5 Å². The summed E-state index contributed by atoms with van der Waals surface area (Å²) in [5.74, 6) is 1.07. The van der Waals surface area contributed by atoms with Crippen molar-refractivity contribution >= 4 is 5.91 Å². The third-order valence-electron chi connectivity index (χ3n) is 4.71. The van der Waals surface area contributed by atoms with Gasteiger partial charge in [-0.15, -0.1) is 0 Å². The highest BCUT2D eigenvalue weighted by Crippen LogP contribution is 2.25. The Labute approximate surface area is 154 Å². The highest BCUT2D eigenvalue weighted by molar-refractivity contribution is 5.79. The van der Waals surface area contributed by atoms with Crippen LogP contribution in [0.25, 0.3) is 0 Å². The van der Waals surface area contributed by atoms with Gasteiger partial charge in [0.25, 0.3) is 0 Å². The van der Waals surface area contributed by atoms with E-state index in [1.807, 2.05) is 4.90 Å². The fraction of sp³-hybridized carbons (Fsp3) is 0.381. The normalized spacial score (nSPS) is 15.3. The van der Waals surface area contributed by atoms with Crippen LogP contribution in [0.4, 0.5) is 0 Å². The molecule has 1 aliphatic rings. The van der Waals surface area contributed by atoms with E-state index in [1.165, 1.54) is 16.7 Å². The van der Waals surface area contributed by atoms with Crippen molar-refractivity contribution in [3.8, 4) is 11.5 Å². The van der Waals surface area contributed by atoms with Crippen LogP contribution in [0.2, 0.25) is 0 Å². The number of methoxy groups -OCH3 is 1. The van der Waals surface area contributed by atoms with Gasteiger partial charge in [-0.05, 0) is 37.6 Å². The van der Waals surface area contributed by atoms with Gasteiger partial charge in [-0.25, -0.2) is 0 Å². The smallest absolute Gasteiger partial charge is 0.237 e. The monoisotopic (exact) mass is 354 g/mol. The summed E-state index contributed by atoms with van der Waals surface area (Å²) in [5.41, 5.74) is 4.52. The van der Waals surface area contributed by atoms with E-state index >= 15 is 0 Å². The molecule has 0 unspecified atom stereocenters. The second-order valence-electron chi connectivity index (χ2n) is 7.02. The predicted octanol–water partition coefficient (Wildman–Crippen LogP) is 2.86. The Balaban J connectivity index is 1.63. The second kappa shape index (κ2) is 7.79. The van der Waals surface area contributed by atoms with E-state index in [-0.39, 0.29) is 11.7 Å². The van der Waals surface area contributed by atoms with Crippen LogP contribution in [-0.4, -0.2) is 47.6 Å². The van der Waals surface area contributed by atoms with E-state index in [4.69, 9.17) is 4.74 Å². The van der Waals surface area contributed by atoms with Crippen molar-refractivity contribution in [3.05, 3.63) is 58.7 Å². The molecule has 0 radical (unpaired) electrons.